The Hall–Kier alpha value is -1.29. The number of likely N-dealkylation sites (tertiary alicyclic amines) is 1. The molecule has 8 nitrogen and oxygen atoms in total. The Balaban J connectivity index is 1.10. The first kappa shape index (κ1) is 24.4. The number of nitrogens with zero attached hydrogens (tertiary/aromatic N) is 2. The number of nitrogens with one attached hydrogen (secondary N) is 2. The van der Waals surface area contributed by atoms with E-state index in [2.05, 4.69) is 22.6 Å². The summed E-state index contributed by atoms with van der Waals surface area (Å²) in [7, 11) is 1.93. The highest BCUT2D eigenvalue weighted by molar-refractivity contribution is 5.82. The maximum Gasteiger partial charge on any atom is 0.239 e. The smallest absolute Gasteiger partial charge is 0.239 e. The van der Waals surface area contributed by atoms with Gasteiger partial charge in [-0.15, -0.1) is 0 Å². The number of carbonyl (C=O) groups excluding carboxylic acids is 2. The average molecular weight is 481 g/mol. The summed E-state index contributed by atoms with van der Waals surface area (Å²) >= 11 is 0. The third-order valence-corrected chi connectivity index (χ3v) is 9.10. The van der Waals surface area contributed by atoms with Gasteiger partial charge in [0.15, 0.2) is 0 Å². The molecule has 5 fully saturated rings. The molecule has 8 atom stereocenters. The Morgan fingerprint density at radius 2 is 1.94 bits per heavy atom. The monoisotopic (exact) mass is 480 g/mol. The molecule has 3 aliphatic heterocycles. The van der Waals surface area contributed by atoms with Crippen LogP contribution in [0.2, 0.25) is 0 Å². The van der Waals surface area contributed by atoms with E-state index in [0.717, 1.165) is 51.6 Å². The molecular formula is C25H41FN4O4. The molecular weight excluding hydrogens is 439 g/mol. The van der Waals surface area contributed by atoms with E-state index < -0.39 is 12.2 Å². The molecule has 3 saturated heterocycles. The second-order valence-corrected chi connectivity index (χ2v) is 11.4. The van der Waals surface area contributed by atoms with Crippen molar-refractivity contribution in [1.82, 2.24) is 20.6 Å². The summed E-state index contributed by atoms with van der Waals surface area (Å²) in [5.74, 6) is 0.285. The fourth-order valence-corrected chi connectivity index (χ4v) is 6.75. The van der Waals surface area contributed by atoms with Crippen LogP contribution in [0, 0.1) is 17.8 Å². The van der Waals surface area contributed by atoms with Gasteiger partial charge < -0.3 is 15.0 Å². The van der Waals surface area contributed by atoms with Crippen molar-refractivity contribution >= 4 is 11.8 Å². The molecule has 3 heterocycles. The van der Waals surface area contributed by atoms with E-state index >= 15 is 0 Å². The molecule has 0 radical (unpaired) electrons. The van der Waals surface area contributed by atoms with E-state index in [9.17, 15) is 14.0 Å². The predicted octanol–water partition coefficient (Wildman–Crippen LogP) is 1.64. The van der Waals surface area contributed by atoms with Crippen molar-refractivity contribution in [1.29, 1.82) is 0 Å². The van der Waals surface area contributed by atoms with Crippen LogP contribution in [0.4, 0.5) is 4.39 Å². The van der Waals surface area contributed by atoms with E-state index in [1.807, 2.05) is 11.9 Å². The first-order valence-corrected chi connectivity index (χ1v) is 13.3. The van der Waals surface area contributed by atoms with Crippen molar-refractivity contribution in [3.8, 4) is 0 Å². The number of rotatable bonds is 5. The van der Waals surface area contributed by atoms with Gasteiger partial charge in [-0.1, -0.05) is 6.92 Å². The molecule has 2 amide bonds. The van der Waals surface area contributed by atoms with Crippen molar-refractivity contribution < 1.29 is 23.6 Å². The zero-order valence-corrected chi connectivity index (χ0v) is 20.6. The second-order valence-electron chi connectivity index (χ2n) is 11.4. The standard InChI is InChI=1S/C25H41FN4O4/c1-15-6-7-21(26)20-11-22(28-34-23(15)20)24(31)27-17-4-3-5-18(10-17)30-9-8-19(12-30)29(2)25(32)16-13-33-14-16/h15-23,28H,3-14H2,1-2H3,(H,27,31). The van der Waals surface area contributed by atoms with E-state index in [1.54, 1.807) is 0 Å². The molecule has 0 spiro atoms. The van der Waals surface area contributed by atoms with Gasteiger partial charge in [0.25, 0.3) is 0 Å². The molecule has 0 bridgehead atoms. The van der Waals surface area contributed by atoms with Crippen molar-refractivity contribution in [2.45, 2.75) is 94.7 Å². The molecule has 34 heavy (non-hydrogen) atoms. The summed E-state index contributed by atoms with van der Waals surface area (Å²) in [6, 6.07) is 0.319. The number of carbonyl (C=O) groups is 2. The van der Waals surface area contributed by atoms with Crippen LogP contribution in [0.5, 0.6) is 0 Å². The van der Waals surface area contributed by atoms with Crippen LogP contribution in [0.25, 0.3) is 0 Å². The van der Waals surface area contributed by atoms with Crippen LogP contribution in [0.3, 0.4) is 0 Å². The van der Waals surface area contributed by atoms with Crippen LogP contribution in [0.1, 0.15) is 58.3 Å². The molecule has 5 rings (SSSR count). The summed E-state index contributed by atoms with van der Waals surface area (Å²) < 4.78 is 19.7. The topological polar surface area (TPSA) is 83.1 Å². The maximum atomic E-state index is 14.5. The lowest BCUT2D eigenvalue weighted by molar-refractivity contribution is -0.172. The van der Waals surface area contributed by atoms with Crippen molar-refractivity contribution in [2.24, 2.45) is 17.8 Å². The van der Waals surface area contributed by atoms with Crippen molar-refractivity contribution in [3.05, 3.63) is 0 Å². The Bertz CT molecular complexity index is 752. The molecule has 0 aromatic rings. The van der Waals surface area contributed by atoms with Crippen LogP contribution < -0.4 is 10.8 Å². The summed E-state index contributed by atoms with van der Waals surface area (Å²) in [6.07, 6.45) is 5.97. The van der Waals surface area contributed by atoms with Gasteiger partial charge in [-0.25, -0.2) is 4.39 Å². The predicted molar refractivity (Wildman–Crippen MR) is 124 cm³/mol. The van der Waals surface area contributed by atoms with Crippen molar-refractivity contribution in [3.63, 3.8) is 0 Å². The summed E-state index contributed by atoms with van der Waals surface area (Å²) in [5, 5.41) is 3.24. The lowest BCUT2D eigenvalue weighted by Gasteiger charge is -2.44. The van der Waals surface area contributed by atoms with E-state index in [4.69, 9.17) is 9.57 Å². The molecule has 2 saturated carbocycles. The molecule has 2 N–H and O–H groups in total. The third-order valence-electron chi connectivity index (χ3n) is 9.10. The van der Waals surface area contributed by atoms with Gasteiger partial charge in [-0.2, -0.15) is 5.48 Å². The highest BCUT2D eigenvalue weighted by Crippen LogP contribution is 2.38. The molecule has 8 unspecified atom stereocenters. The molecule has 9 heteroatoms. The lowest BCUT2D eigenvalue weighted by Crippen LogP contribution is -2.58. The number of hydrogen-bond donors (Lipinski definition) is 2. The summed E-state index contributed by atoms with van der Waals surface area (Å²) in [5.41, 5.74) is 2.94. The quantitative estimate of drug-likeness (QED) is 0.623. The van der Waals surface area contributed by atoms with Crippen LogP contribution in [-0.2, 0) is 19.2 Å². The number of amides is 2. The molecule has 0 aromatic heterocycles. The van der Waals surface area contributed by atoms with Crippen LogP contribution >= 0.6 is 0 Å². The number of halogens is 1. The zero-order chi connectivity index (χ0) is 23.8. The van der Waals surface area contributed by atoms with Crippen molar-refractivity contribution in [2.75, 3.05) is 33.4 Å². The SMILES string of the molecule is CC1CCC(F)C2CC(C(=O)NC3CCCC(N4CCC(N(C)C(=O)C5COC5)C4)C3)NOC12. The maximum absolute atomic E-state index is 14.5. The second kappa shape index (κ2) is 10.4. The zero-order valence-electron chi connectivity index (χ0n) is 20.6. The van der Waals surface area contributed by atoms with Gasteiger partial charge in [-0.3, -0.25) is 19.3 Å². The Morgan fingerprint density at radius 3 is 2.71 bits per heavy atom. The first-order chi connectivity index (χ1) is 16.4. The highest BCUT2D eigenvalue weighted by Gasteiger charge is 2.45. The largest absolute Gasteiger partial charge is 0.380 e. The fraction of sp³-hybridized carbons (Fsp3) is 0.920. The minimum absolute atomic E-state index is 0.0328. The normalized spacial score (nSPS) is 41.4. The Morgan fingerprint density at radius 1 is 1.12 bits per heavy atom. The molecule has 192 valence electrons. The Labute approximate surface area is 202 Å². The Kier molecular flexibility index (Phi) is 7.44. The van der Waals surface area contributed by atoms with Gasteiger partial charge in [-0.05, 0) is 57.3 Å². The van der Waals surface area contributed by atoms with Gasteiger partial charge in [0.1, 0.15) is 12.2 Å². The minimum Gasteiger partial charge on any atom is -0.380 e. The number of ether oxygens (including phenoxy) is 1. The number of hydroxylamine groups is 1. The average Bonchev–Trinajstić information content (AvgIpc) is 3.30. The van der Waals surface area contributed by atoms with Crippen LogP contribution in [-0.4, -0.2) is 91.4 Å². The molecule has 0 aromatic carbocycles. The molecule has 2 aliphatic carbocycles. The number of alkyl halides is 1. The summed E-state index contributed by atoms with van der Waals surface area (Å²) in [4.78, 5) is 35.8. The minimum atomic E-state index is -0.886. The first-order valence-electron chi connectivity index (χ1n) is 13.3. The van der Waals surface area contributed by atoms with E-state index in [-0.39, 0.29) is 41.8 Å². The van der Waals surface area contributed by atoms with Gasteiger partial charge in [0.2, 0.25) is 11.8 Å². The molecule has 5 aliphatic rings. The number of likely N-dealkylation sites (N-methyl/N-ethyl adjacent to an activating group) is 1. The van der Waals surface area contributed by atoms with Gasteiger partial charge >= 0.3 is 0 Å². The highest BCUT2D eigenvalue weighted by atomic mass is 19.1. The number of fused-ring (bicyclic) bond motifs is 1. The van der Waals surface area contributed by atoms with Gasteiger partial charge in [0.05, 0.1) is 25.2 Å². The van der Waals surface area contributed by atoms with Gasteiger partial charge in [0, 0.05) is 44.2 Å². The number of hydrogen-bond acceptors (Lipinski definition) is 6. The summed E-state index contributed by atoms with van der Waals surface area (Å²) in [6.45, 7) is 5.10. The van der Waals surface area contributed by atoms with E-state index in [1.165, 1.54) is 0 Å². The third kappa shape index (κ3) is 4.99. The van der Waals surface area contributed by atoms with E-state index in [0.29, 0.717) is 38.0 Å². The lowest BCUT2D eigenvalue weighted by atomic mass is 9.75. The fourth-order valence-electron chi connectivity index (χ4n) is 6.75. The van der Waals surface area contributed by atoms with Crippen LogP contribution in [0.15, 0.2) is 0 Å².